The number of rotatable bonds is 8. The quantitative estimate of drug-likeness (QED) is 0.744. The maximum Gasteiger partial charge on any atom is 0.261 e. The van der Waals surface area contributed by atoms with E-state index in [0.29, 0.717) is 19.6 Å². The molecule has 1 amide bonds. The van der Waals surface area contributed by atoms with Crippen molar-refractivity contribution in [3.63, 3.8) is 0 Å². The van der Waals surface area contributed by atoms with Gasteiger partial charge in [0.2, 0.25) is 0 Å². The zero-order valence-corrected chi connectivity index (χ0v) is 12.9. The average Bonchev–Trinajstić information content (AvgIpc) is 2.39. The molecule has 1 unspecified atom stereocenters. The van der Waals surface area contributed by atoms with E-state index in [1.807, 2.05) is 32.9 Å². The molecule has 0 aliphatic carbocycles. The number of methoxy groups -OCH3 is 1. The summed E-state index contributed by atoms with van der Waals surface area (Å²) in [5, 5.41) is 2.87. The Labute approximate surface area is 121 Å². The Kier molecular flexibility index (Phi) is 7.09. The van der Waals surface area contributed by atoms with Crippen molar-refractivity contribution >= 4 is 5.91 Å². The van der Waals surface area contributed by atoms with Crippen molar-refractivity contribution in [3.8, 4) is 5.75 Å². The van der Waals surface area contributed by atoms with E-state index >= 15 is 0 Å². The zero-order valence-electron chi connectivity index (χ0n) is 12.9. The van der Waals surface area contributed by atoms with E-state index in [0.717, 1.165) is 23.3 Å². The van der Waals surface area contributed by atoms with Crippen molar-refractivity contribution in [3.05, 3.63) is 29.3 Å². The lowest BCUT2D eigenvalue weighted by Crippen LogP contribution is -2.38. The topological polar surface area (TPSA) is 47.6 Å². The summed E-state index contributed by atoms with van der Waals surface area (Å²) in [4.78, 5) is 12.0. The van der Waals surface area contributed by atoms with Gasteiger partial charge in [-0.3, -0.25) is 4.79 Å². The molecule has 1 N–H and O–H groups in total. The lowest BCUT2D eigenvalue weighted by atomic mass is 10.1. The van der Waals surface area contributed by atoms with E-state index in [9.17, 15) is 4.79 Å². The second-order valence-electron chi connectivity index (χ2n) is 4.98. The molecule has 20 heavy (non-hydrogen) atoms. The molecule has 0 aliphatic rings. The fourth-order valence-corrected chi connectivity index (χ4v) is 2.03. The molecule has 4 heteroatoms. The van der Waals surface area contributed by atoms with Gasteiger partial charge in [0, 0.05) is 20.3 Å². The summed E-state index contributed by atoms with van der Waals surface area (Å²) in [6, 6.07) is 5.99. The number of aryl methyl sites for hydroxylation is 2. The van der Waals surface area contributed by atoms with Gasteiger partial charge in [-0.25, -0.2) is 0 Å². The van der Waals surface area contributed by atoms with E-state index in [-0.39, 0.29) is 5.91 Å². The Morgan fingerprint density at radius 1 is 1.25 bits per heavy atom. The minimum Gasteiger partial charge on any atom is -0.481 e. The lowest BCUT2D eigenvalue weighted by molar-refractivity contribution is -0.128. The first-order valence-corrected chi connectivity index (χ1v) is 7.08. The van der Waals surface area contributed by atoms with Crippen molar-refractivity contribution in [2.45, 2.75) is 39.7 Å². The standard InChI is InChI=1S/C16H25NO3/c1-5-15(16(18)17-7-6-8-19-4)20-14-10-12(2)9-13(3)11-14/h9-11,15H,5-8H2,1-4H3,(H,17,18). The molecule has 0 fully saturated rings. The smallest absolute Gasteiger partial charge is 0.261 e. The molecule has 0 radical (unpaired) electrons. The highest BCUT2D eigenvalue weighted by Gasteiger charge is 2.17. The number of hydrogen-bond donors (Lipinski definition) is 1. The minimum atomic E-state index is -0.446. The zero-order chi connectivity index (χ0) is 15.0. The Morgan fingerprint density at radius 2 is 1.90 bits per heavy atom. The monoisotopic (exact) mass is 279 g/mol. The molecule has 1 rings (SSSR count). The fraction of sp³-hybridized carbons (Fsp3) is 0.562. The van der Waals surface area contributed by atoms with Crippen molar-refractivity contribution in [2.75, 3.05) is 20.3 Å². The SMILES string of the molecule is CCC(Oc1cc(C)cc(C)c1)C(=O)NCCCOC. The van der Waals surface area contributed by atoms with Crippen LogP contribution in [0.1, 0.15) is 30.9 Å². The van der Waals surface area contributed by atoms with Gasteiger partial charge in [0.25, 0.3) is 5.91 Å². The summed E-state index contributed by atoms with van der Waals surface area (Å²) in [7, 11) is 1.65. The number of carbonyl (C=O) groups is 1. The molecule has 0 bridgehead atoms. The molecule has 4 nitrogen and oxygen atoms in total. The van der Waals surface area contributed by atoms with Crippen LogP contribution in [0.5, 0.6) is 5.75 Å². The van der Waals surface area contributed by atoms with Gasteiger partial charge >= 0.3 is 0 Å². The molecule has 112 valence electrons. The third-order valence-corrected chi connectivity index (χ3v) is 2.96. The van der Waals surface area contributed by atoms with E-state index < -0.39 is 6.10 Å². The number of amides is 1. The molecular weight excluding hydrogens is 254 g/mol. The van der Waals surface area contributed by atoms with Crippen LogP contribution in [0.4, 0.5) is 0 Å². The second-order valence-corrected chi connectivity index (χ2v) is 4.98. The first kappa shape index (κ1) is 16.5. The number of carbonyl (C=O) groups excluding carboxylic acids is 1. The summed E-state index contributed by atoms with van der Waals surface area (Å²) in [6.07, 6.45) is 1.00. The maximum absolute atomic E-state index is 12.0. The summed E-state index contributed by atoms with van der Waals surface area (Å²) < 4.78 is 10.8. The molecule has 1 aromatic carbocycles. The van der Waals surface area contributed by atoms with Gasteiger partial charge in [-0.1, -0.05) is 13.0 Å². The van der Waals surface area contributed by atoms with Crippen LogP contribution >= 0.6 is 0 Å². The molecule has 0 aromatic heterocycles. The van der Waals surface area contributed by atoms with Crippen LogP contribution in [-0.4, -0.2) is 32.3 Å². The highest BCUT2D eigenvalue weighted by atomic mass is 16.5. The van der Waals surface area contributed by atoms with E-state index in [1.165, 1.54) is 0 Å². The number of nitrogens with one attached hydrogen (secondary N) is 1. The van der Waals surface area contributed by atoms with Crippen LogP contribution in [-0.2, 0) is 9.53 Å². The average molecular weight is 279 g/mol. The van der Waals surface area contributed by atoms with Gasteiger partial charge in [0.15, 0.2) is 6.10 Å². The molecular formula is C16H25NO3. The van der Waals surface area contributed by atoms with Crippen LogP contribution in [0, 0.1) is 13.8 Å². The molecule has 0 heterocycles. The van der Waals surface area contributed by atoms with Gasteiger partial charge in [-0.2, -0.15) is 0 Å². The van der Waals surface area contributed by atoms with Crippen LogP contribution in [0.2, 0.25) is 0 Å². The predicted molar refractivity (Wildman–Crippen MR) is 80.1 cm³/mol. The molecule has 0 saturated heterocycles. The second kappa shape index (κ2) is 8.59. The summed E-state index contributed by atoms with van der Waals surface area (Å²) in [5.74, 6) is 0.684. The van der Waals surface area contributed by atoms with Crippen LogP contribution in [0.25, 0.3) is 0 Å². The van der Waals surface area contributed by atoms with Crippen LogP contribution in [0.15, 0.2) is 18.2 Å². The Balaban J connectivity index is 2.55. The predicted octanol–water partition coefficient (Wildman–Crippen LogP) is 2.61. The van der Waals surface area contributed by atoms with E-state index in [4.69, 9.17) is 9.47 Å². The maximum atomic E-state index is 12.0. The number of hydrogen-bond acceptors (Lipinski definition) is 3. The van der Waals surface area contributed by atoms with Crippen LogP contribution < -0.4 is 10.1 Å². The summed E-state index contributed by atoms with van der Waals surface area (Å²) in [5.41, 5.74) is 2.27. The van der Waals surface area contributed by atoms with Crippen molar-refractivity contribution < 1.29 is 14.3 Å². The molecule has 1 atom stereocenters. The Morgan fingerprint density at radius 3 is 2.45 bits per heavy atom. The van der Waals surface area contributed by atoms with E-state index in [1.54, 1.807) is 7.11 Å². The van der Waals surface area contributed by atoms with Gasteiger partial charge in [-0.15, -0.1) is 0 Å². The number of benzene rings is 1. The summed E-state index contributed by atoms with van der Waals surface area (Å²) >= 11 is 0. The van der Waals surface area contributed by atoms with Gasteiger partial charge < -0.3 is 14.8 Å². The molecule has 0 spiro atoms. The number of ether oxygens (including phenoxy) is 2. The normalized spacial score (nSPS) is 12.0. The van der Waals surface area contributed by atoms with Gasteiger partial charge in [0.05, 0.1) is 0 Å². The lowest BCUT2D eigenvalue weighted by Gasteiger charge is -2.18. The molecule has 1 aromatic rings. The van der Waals surface area contributed by atoms with E-state index in [2.05, 4.69) is 11.4 Å². The highest BCUT2D eigenvalue weighted by Crippen LogP contribution is 2.18. The largest absolute Gasteiger partial charge is 0.481 e. The van der Waals surface area contributed by atoms with Crippen molar-refractivity contribution in [1.29, 1.82) is 0 Å². The highest BCUT2D eigenvalue weighted by molar-refractivity contribution is 5.81. The van der Waals surface area contributed by atoms with Gasteiger partial charge in [0.1, 0.15) is 5.75 Å². The third-order valence-electron chi connectivity index (χ3n) is 2.96. The minimum absolute atomic E-state index is 0.0669. The molecule has 0 aliphatic heterocycles. The van der Waals surface area contributed by atoms with Crippen LogP contribution in [0.3, 0.4) is 0 Å². The summed E-state index contributed by atoms with van der Waals surface area (Å²) in [6.45, 7) is 7.24. The van der Waals surface area contributed by atoms with Crippen molar-refractivity contribution in [2.24, 2.45) is 0 Å². The first-order chi connectivity index (χ1) is 9.56. The van der Waals surface area contributed by atoms with Gasteiger partial charge in [-0.05, 0) is 49.9 Å². The fourth-order valence-electron chi connectivity index (χ4n) is 2.03. The first-order valence-electron chi connectivity index (χ1n) is 7.08. The Hall–Kier alpha value is -1.55. The molecule has 0 saturated carbocycles. The van der Waals surface area contributed by atoms with Crippen molar-refractivity contribution in [1.82, 2.24) is 5.32 Å². The Bertz CT molecular complexity index is 411. The third kappa shape index (κ3) is 5.61.